The zero-order chi connectivity index (χ0) is 10.7. The molecule has 0 radical (unpaired) electrons. The second kappa shape index (κ2) is 6.52. The fourth-order valence-electron chi connectivity index (χ4n) is 2.53. The van der Waals surface area contributed by atoms with E-state index in [0.29, 0.717) is 5.41 Å². The minimum Gasteiger partial charge on any atom is -0.662 e. The maximum Gasteiger partial charge on any atom is 1.00 e. The quantitative estimate of drug-likeness (QED) is 0.631. The third kappa shape index (κ3) is 2.89. The molecule has 0 bridgehead atoms. The summed E-state index contributed by atoms with van der Waals surface area (Å²) in [6, 6.07) is 0. The van der Waals surface area contributed by atoms with Gasteiger partial charge in [-0.25, -0.2) is 0 Å². The number of rotatable bonds is 1. The standard InChI is InChI=1S/C13H19N2.K/c1-3-4-5-12-11(2)15-10-13(12)6-8-14-9-7-13;/h3-5,15H,2,6-10H2,1H3;/q-1;+1/b4-3-,12-5+;. The summed E-state index contributed by atoms with van der Waals surface area (Å²) in [6.07, 6.45) is 8.74. The molecule has 2 nitrogen and oxygen atoms in total. The van der Waals surface area contributed by atoms with Gasteiger partial charge in [-0.1, -0.05) is 37.6 Å². The van der Waals surface area contributed by atoms with Crippen molar-refractivity contribution in [1.82, 2.24) is 5.32 Å². The molecule has 0 aromatic carbocycles. The van der Waals surface area contributed by atoms with Crippen LogP contribution >= 0.6 is 0 Å². The summed E-state index contributed by atoms with van der Waals surface area (Å²) in [5.74, 6) is 0. The summed E-state index contributed by atoms with van der Waals surface area (Å²) >= 11 is 0. The smallest absolute Gasteiger partial charge is 0.662 e. The molecule has 2 aliphatic rings. The van der Waals surface area contributed by atoms with Gasteiger partial charge in [-0.05, 0) is 12.5 Å². The third-order valence-electron chi connectivity index (χ3n) is 3.49. The number of nitrogens with one attached hydrogen (secondary N) is 1. The Bertz CT molecular complexity index is 312. The van der Waals surface area contributed by atoms with Crippen LogP contribution in [-0.4, -0.2) is 19.6 Å². The van der Waals surface area contributed by atoms with E-state index >= 15 is 0 Å². The maximum absolute atomic E-state index is 4.43. The van der Waals surface area contributed by atoms with Crippen LogP contribution in [0.3, 0.4) is 0 Å². The third-order valence-corrected chi connectivity index (χ3v) is 3.49. The number of hydrogen-bond acceptors (Lipinski definition) is 1. The summed E-state index contributed by atoms with van der Waals surface area (Å²) < 4.78 is 0. The molecule has 3 heteroatoms. The van der Waals surface area contributed by atoms with Gasteiger partial charge in [0.2, 0.25) is 0 Å². The molecule has 0 aliphatic carbocycles. The predicted molar refractivity (Wildman–Crippen MR) is 64.8 cm³/mol. The van der Waals surface area contributed by atoms with Gasteiger partial charge < -0.3 is 10.6 Å². The Hall–Kier alpha value is 0.616. The van der Waals surface area contributed by atoms with Crippen molar-refractivity contribution in [3.63, 3.8) is 0 Å². The van der Waals surface area contributed by atoms with Crippen LogP contribution in [0.5, 0.6) is 0 Å². The normalized spacial score (nSPS) is 26.1. The van der Waals surface area contributed by atoms with Crippen molar-refractivity contribution in [2.45, 2.75) is 19.8 Å². The summed E-state index contributed by atoms with van der Waals surface area (Å²) in [5.41, 5.74) is 2.82. The van der Waals surface area contributed by atoms with Crippen molar-refractivity contribution in [1.29, 1.82) is 0 Å². The first-order valence-electron chi connectivity index (χ1n) is 5.68. The first kappa shape index (κ1) is 14.7. The number of allylic oxidation sites excluding steroid dienone is 4. The summed E-state index contributed by atoms with van der Waals surface area (Å²) in [5, 5.41) is 7.83. The molecule has 0 aromatic heterocycles. The molecule has 2 fully saturated rings. The monoisotopic (exact) mass is 242 g/mol. The van der Waals surface area contributed by atoms with Gasteiger partial charge in [0, 0.05) is 17.7 Å². The minimum atomic E-state index is 0. The van der Waals surface area contributed by atoms with E-state index in [1.165, 1.54) is 18.4 Å². The van der Waals surface area contributed by atoms with Crippen LogP contribution in [0, 0.1) is 5.41 Å². The molecular weight excluding hydrogens is 223 g/mol. The van der Waals surface area contributed by atoms with Gasteiger partial charge in [0.25, 0.3) is 0 Å². The molecule has 0 atom stereocenters. The Morgan fingerprint density at radius 3 is 2.69 bits per heavy atom. The van der Waals surface area contributed by atoms with E-state index in [1.54, 1.807) is 0 Å². The molecule has 2 rings (SSSR count). The van der Waals surface area contributed by atoms with E-state index in [4.69, 9.17) is 0 Å². The van der Waals surface area contributed by atoms with E-state index in [9.17, 15) is 0 Å². The minimum absolute atomic E-state index is 0. The Labute approximate surface area is 141 Å². The number of piperidine rings is 1. The summed E-state index contributed by atoms with van der Waals surface area (Å²) in [7, 11) is 0. The van der Waals surface area contributed by atoms with Crippen molar-refractivity contribution in [2.24, 2.45) is 5.41 Å². The fourth-order valence-corrected chi connectivity index (χ4v) is 2.53. The van der Waals surface area contributed by atoms with Gasteiger partial charge in [0.05, 0.1) is 0 Å². The molecule has 2 saturated heterocycles. The van der Waals surface area contributed by atoms with Crippen molar-refractivity contribution in [3.05, 3.63) is 41.4 Å². The SMILES string of the molecule is C=C1NCC2(CC[N-]CC2)/C1=C/C=C\C.[K+]. The van der Waals surface area contributed by atoms with Gasteiger partial charge in [-0.15, -0.1) is 13.1 Å². The van der Waals surface area contributed by atoms with Gasteiger partial charge in [-0.3, -0.25) is 0 Å². The van der Waals surface area contributed by atoms with Crippen LogP contribution in [0.25, 0.3) is 5.32 Å². The second-order valence-corrected chi connectivity index (χ2v) is 4.39. The molecule has 82 valence electrons. The van der Waals surface area contributed by atoms with E-state index in [2.05, 4.69) is 35.4 Å². The summed E-state index contributed by atoms with van der Waals surface area (Å²) in [4.78, 5) is 0. The average molecular weight is 242 g/mol. The zero-order valence-electron chi connectivity index (χ0n) is 10.4. The van der Waals surface area contributed by atoms with E-state index in [0.717, 1.165) is 25.3 Å². The van der Waals surface area contributed by atoms with E-state index in [1.807, 2.05) is 6.92 Å². The summed E-state index contributed by atoms with van der Waals surface area (Å²) in [6.45, 7) is 9.19. The molecule has 0 unspecified atom stereocenters. The zero-order valence-corrected chi connectivity index (χ0v) is 13.5. The Morgan fingerprint density at radius 2 is 2.06 bits per heavy atom. The number of nitrogens with zero attached hydrogens (tertiary/aromatic N) is 1. The van der Waals surface area contributed by atoms with Gasteiger partial charge >= 0.3 is 51.4 Å². The van der Waals surface area contributed by atoms with Gasteiger partial charge in [0.15, 0.2) is 0 Å². The molecule has 2 aliphatic heterocycles. The average Bonchev–Trinajstić information content (AvgIpc) is 2.55. The first-order valence-corrected chi connectivity index (χ1v) is 5.68. The van der Waals surface area contributed by atoms with Gasteiger partial charge in [0.1, 0.15) is 0 Å². The molecule has 0 amide bonds. The van der Waals surface area contributed by atoms with Crippen molar-refractivity contribution >= 4 is 0 Å². The molecule has 1 spiro atoms. The van der Waals surface area contributed by atoms with Crippen LogP contribution in [0.4, 0.5) is 0 Å². The first-order chi connectivity index (χ1) is 7.28. The maximum atomic E-state index is 4.43. The second-order valence-electron chi connectivity index (χ2n) is 4.39. The van der Waals surface area contributed by atoms with Crippen molar-refractivity contribution < 1.29 is 51.4 Å². The topological polar surface area (TPSA) is 26.1 Å². The Morgan fingerprint density at radius 1 is 1.38 bits per heavy atom. The Balaban J connectivity index is 0.00000128. The van der Waals surface area contributed by atoms with Crippen LogP contribution in [0.1, 0.15) is 19.8 Å². The predicted octanol–water partition coefficient (Wildman–Crippen LogP) is -0.236. The molecule has 0 saturated carbocycles. The van der Waals surface area contributed by atoms with Crippen LogP contribution < -0.4 is 56.7 Å². The van der Waals surface area contributed by atoms with Crippen molar-refractivity contribution in [2.75, 3.05) is 19.6 Å². The van der Waals surface area contributed by atoms with Crippen LogP contribution in [-0.2, 0) is 0 Å². The Kier molecular flexibility index (Phi) is 5.98. The fraction of sp³-hybridized carbons (Fsp3) is 0.538. The molecule has 2 heterocycles. The largest absolute Gasteiger partial charge is 1.00 e. The van der Waals surface area contributed by atoms with Crippen molar-refractivity contribution in [3.8, 4) is 0 Å². The van der Waals surface area contributed by atoms with E-state index in [-0.39, 0.29) is 51.4 Å². The van der Waals surface area contributed by atoms with Crippen LogP contribution in [0.15, 0.2) is 36.1 Å². The molecule has 1 N–H and O–H groups in total. The van der Waals surface area contributed by atoms with E-state index < -0.39 is 0 Å². The van der Waals surface area contributed by atoms with Gasteiger partial charge in [-0.2, -0.15) is 0 Å². The molecular formula is C13H19KN2. The molecule has 0 aromatic rings. The van der Waals surface area contributed by atoms with Crippen LogP contribution in [0.2, 0.25) is 0 Å². The molecule has 16 heavy (non-hydrogen) atoms. The number of hydrogen-bond donors (Lipinski definition) is 1.